The fourth-order valence-corrected chi connectivity index (χ4v) is 4.38. The van der Waals surface area contributed by atoms with Gasteiger partial charge in [-0.05, 0) is 18.6 Å². The lowest BCUT2D eigenvalue weighted by atomic mass is 9.79. The minimum Gasteiger partial charge on any atom is -0.340 e. The molecule has 0 aromatic carbocycles. The normalized spacial score (nSPS) is 17.9. The third-order valence-electron chi connectivity index (χ3n) is 5.72. The van der Waals surface area contributed by atoms with Crippen LogP contribution in [-0.4, -0.2) is 61.5 Å². The average Bonchev–Trinajstić information content (AvgIpc) is 3.33. The molecule has 0 bridgehead atoms. The summed E-state index contributed by atoms with van der Waals surface area (Å²) in [5.74, 6) is 0.0260. The number of hydrogen-bond acceptors (Lipinski definition) is 7. The van der Waals surface area contributed by atoms with E-state index in [1.807, 2.05) is 24.4 Å². The molecule has 0 radical (unpaired) electrons. The molecule has 2 saturated heterocycles. The molecule has 0 unspecified atom stereocenters. The van der Waals surface area contributed by atoms with Gasteiger partial charge in [0.25, 0.3) is 5.91 Å². The van der Waals surface area contributed by atoms with Gasteiger partial charge < -0.3 is 9.30 Å². The molecule has 9 nitrogen and oxygen atoms in total. The second-order valence-corrected chi connectivity index (χ2v) is 7.71. The SMILES string of the molecule is Cl.O=C(NO)c1cnc(N2CCC3(CN(Cc4cnc5ccccn45)C3)C2)nc1. The Kier molecular flexibility index (Phi) is 5.12. The number of amides is 1. The summed E-state index contributed by atoms with van der Waals surface area (Å²) in [7, 11) is 0. The summed E-state index contributed by atoms with van der Waals surface area (Å²) in [5, 5.41) is 8.68. The number of hydrogen-bond donors (Lipinski definition) is 2. The summed E-state index contributed by atoms with van der Waals surface area (Å²) in [5.41, 5.74) is 4.30. The van der Waals surface area contributed by atoms with E-state index in [2.05, 4.69) is 35.3 Å². The molecule has 5 heterocycles. The second kappa shape index (κ2) is 7.58. The number of nitrogens with one attached hydrogen (secondary N) is 1. The molecule has 2 aliphatic heterocycles. The molecular weight excluding hydrogens is 394 g/mol. The van der Waals surface area contributed by atoms with Gasteiger partial charge >= 0.3 is 0 Å². The number of carbonyl (C=O) groups excluding carboxylic acids is 1. The van der Waals surface area contributed by atoms with Crippen LogP contribution in [0.1, 0.15) is 22.5 Å². The van der Waals surface area contributed by atoms with E-state index in [0.717, 1.165) is 44.8 Å². The van der Waals surface area contributed by atoms with Gasteiger partial charge in [-0.1, -0.05) is 6.07 Å². The van der Waals surface area contributed by atoms with Crippen molar-refractivity contribution in [1.29, 1.82) is 0 Å². The zero-order valence-electron chi connectivity index (χ0n) is 15.7. The number of hydroxylamine groups is 1. The first kappa shape index (κ1) is 19.6. The highest BCUT2D eigenvalue weighted by Gasteiger charge is 2.48. The van der Waals surface area contributed by atoms with Crippen molar-refractivity contribution >= 4 is 29.9 Å². The summed E-state index contributed by atoms with van der Waals surface area (Å²) in [6, 6.07) is 6.05. The number of carbonyl (C=O) groups is 1. The van der Waals surface area contributed by atoms with Crippen molar-refractivity contribution in [3.05, 3.63) is 54.2 Å². The minimum absolute atomic E-state index is 0. The van der Waals surface area contributed by atoms with Crippen molar-refractivity contribution in [3.63, 3.8) is 0 Å². The maximum Gasteiger partial charge on any atom is 0.277 e. The van der Waals surface area contributed by atoms with E-state index in [1.54, 1.807) is 5.48 Å². The molecule has 3 aromatic heterocycles. The van der Waals surface area contributed by atoms with Gasteiger partial charge in [0.15, 0.2) is 0 Å². The van der Waals surface area contributed by atoms with E-state index in [0.29, 0.717) is 5.95 Å². The molecule has 10 heteroatoms. The van der Waals surface area contributed by atoms with Crippen LogP contribution in [0.2, 0.25) is 0 Å². The number of imidazole rings is 1. The first-order valence-electron chi connectivity index (χ1n) is 9.31. The number of halogens is 1. The van der Waals surface area contributed by atoms with Crippen LogP contribution in [0.25, 0.3) is 5.65 Å². The second-order valence-electron chi connectivity index (χ2n) is 7.71. The zero-order chi connectivity index (χ0) is 19.1. The lowest BCUT2D eigenvalue weighted by molar-refractivity contribution is 0.0105. The quantitative estimate of drug-likeness (QED) is 0.490. The van der Waals surface area contributed by atoms with Crippen LogP contribution in [0.5, 0.6) is 0 Å². The molecule has 0 aliphatic carbocycles. The number of nitrogens with zero attached hydrogens (tertiary/aromatic N) is 6. The largest absolute Gasteiger partial charge is 0.340 e. The van der Waals surface area contributed by atoms with Crippen LogP contribution in [0.3, 0.4) is 0 Å². The lowest BCUT2D eigenvalue weighted by Crippen LogP contribution is -2.57. The summed E-state index contributed by atoms with van der Waals surface area (Å²) >= 11 is 0. The molecule has 0 saturated carbocycles. The van der Waals surface area contributed by atoms with E-state index in [4.69, 9.17) is 5.21 Å². The average molecular weight is 416 g/mol. The topological polar surface area (TPSA) is 98.9 Å². The molecule has 2 fully saturated rings. The molecule has 2 aliphatic rings. The Bertz CT molecular complexity index is 1020. The van der Waals surface area contributed by atoms with E-state index in [-0.39, 0.29) is 23.4 Å². The molecule has 152 valence electrons. The summed E-state index contributed by atoms with van der Waals surface area (Å²) < 4.78 is 2.14. The lowest BCUT2D eigenvalue weighted by Gasteiger charge is -2.48. The first-order valence-corrected chi connectivity index (χ1v) is 9.31. The molecule has 29 heavy (non-hydrogen) atoms. The van der Waals surface area contributed by atoms with Crippen LogP contribution >= 0.6 is 12.4 Å². The van der Waals surface area contributed by atoms with Crippen LogP contribution in [0.4, 0.5) is 5.95 Å². The molecule has 1 spiro atoms. The van der Waals surface area contributed by atoms with Gasteiger partial charge in [0.1, 0.15) is 5.65 Å². The van der Waals surface area contributed by atoms with E-state index in [1.165, 1.54) is 18.1 Å². The zero-order valence-corrected chi connectivity index (χ0v) is 16.5. The smallest absolute Gasteiger partial charge is 0.277 e. The number of pyridine rings is 1. The van der Waals surface area contributed by atoms with Crippen LogP contribution in [0, 0.1) is 5.41 Å². The molecule has 1 amide bonds. The van der Waals surface area contributed by atoms with Gasteiger partial charge in [-0.25, -0.2) is 20.4 Å². The Balaban J connectivity index is 0.00000205. The monoisotopic (exact) mass is 415 g/mol. The van der Waals surface area contributed by atoms with Gasteiger partial charge in [0.05, 0.1) is 17.5 Å². The van der Waals surface area contributed by atoms with E-state index < -0.39 is 5.91 Å². The van der Waals surface area contributed by atoms with Crippen molar-refractivity contribution in [2.45, 2.75) is 13.0 Å². The van der Waals surface area contributed by atoms with Gasteiger partial charge in [0, 0.05) is 56.7 Å². The van der Waals surface area contributed by atoms with Gasteiger partial charge in [-0.2, -0.15) is 0 Å². The van der Waals surface area contributed by atoms with Crippen LogP contribution in [-0.2, 0) is 6.54 Å². The Morgan fingerprint density at radius 3 is 2.69 bits per heavy atom. The Labute approximate surface area is 173 Å². The number of likely N-dealkylation sites (tertiary alicyclic amines) is 1. The predicted molar refractivity (Wildman–Crippen MR) is 108 cm³/mol. The highest BCUT2D eigenvalue weighted by molar-refractivity contribution is 5.92. The molecular formula is C19H22ClN7O2. The number of rotatable bonds is 4. The highest BCUT2D eigenvalue weighted by Crippen LogP contribution is 2.41. The maximum absolute atomic E-state index is 11.4. The number of aromatic nitrogens is 4. The molecule has 5 rings (SSSR count). The summed E-state index contributed by atoms with van der Waals surface area (Å²) in [6.45, 7) is 4.83. The Morgan fingerprint density at radius 2 is 1.93 bits per heavy atom. The summed E-state index contributed by atoms with van der Waals surface area (Å²) in [6.07, 6.45) is 8.01. The third kappa shape index (κ3) is 3.52. The minimum atomic E-state index is -0.605. The predicted octanol–water partition coefficient (Wildman–Crippen LogP) is 1.38. The third-order valence-corrected chi connectivity index (χ3v) is 5.72. The van der Waals surface area contributed by atoms with Crippen LogP contribution in [0.15, 0.2) is 43.0 Å². The van der Waals surface area contributed by atoms with Gasteiger partial charge in [-0.15, -0.1) is 12.4 Å². The maximum atomic E-state index is 11.4. The van der Waals surface area contributed by atoms with Crippen molar-refractivity contribution in [1.82, 2.24) is 29.7 Å². The van der Waals surface area contributed by atoms with Crippen molar-refractivity contribution in [3.8, 4) is 0 Å². The van der Waals surface area contributed by atoms with Gasteiger partial charge in [0.2, 0.25) is 5.95 Å². The molecule has 2 N–H and O–H groups in total. The Hall–Kier alpha value is -2.75. The van der Waals surface area contributed by atoms with E-state index >= 15 is 0 Å². The fourth-order valence-electron chi connectivity index (χ4n) is 4.38. The van der Waals surface area contributed by atoms with Crippen molar-refractivity contribution < 1.29 is 10.0 Å². The molecule has 3 aromatic rings. The number of anilines is 1. The van der Waals surface area contributed by atoms with E-state index in [9.17, 15) is 4.79 Å². The van der Waals surface area contributed by atoms with Crippen LogP contribution < -0.4 is 10.4 Å². The molecule has 0 atom stereocenters. The standard InChI is InChI=1S/C19H21N7O2.ClH/c27-17(23-28)14-7-21-18(22-8-14)25-6-4-19(13-25)11-24(12-19)10-15-9-20-16-3-1-2-5-26(15)16;/h1-3,5,7-9,28H,4,6,10-13H2,(H,23,27);1H. The fraction of sp³-hybridized carbons (Fsp3) is 0.368. The highest BCUT2D eigenvalue weighted by atomic mass is 35.5. The van der Waals surface area contributed by atoms with Crippen molar-refractivity contribution in [2.75, 3.05) is 31.1 Å². The van der Waals surface area contributed by atoms with Gasteiger partial charge in [-0.3, -0.25) is 14.9 Å². The number of fused-ring (bicyclic) bond motifs is 1. The first-order chi connectivity index (χ1) is 13.7. The van der Waals surface area contributed by atoms with Crippen molar-refractivity contribution in [2.24, 2.45) is 5.41 Å². The Morgan fingerprint density at radius 1 is 1.14 bits per heavy atom. The summed E-state index contributed by atoms with van der Waals surface area (Å²) in [4.78, 5) is 29.0.